The fourth-order valence-corrected chi connectivity index (χ4v) is 2.22. The Hall–Kier alpha value is -2.53. The van der Waals surface area contributed by atoms with E-state index in [1.165, 1.54) is 11.1 Å². The molecule has 0 fully saturated rings. The molecule has 0 saturated heterocycles. The topological polar surface area (TPSA) is 75.8 Å². The van der Waals surface area contributed by atoms with Crippen LogP contribution in [0.25, 0.3) is 0 Å². The van der Waals surface area contributed by atoms with Gasteiger partial charge in [-0.3, -0.25) is 4.79 Å². The number of aryl methyl sites for hydroxylation is 3. The maximum Gasteiger partial charge on any atom is 0.260 e. The summed E-state index contributed by atoms with van der Waals surface area (Å²) in [7, 11) is 0. The SMILES string of the molecule is NN(N=O)C(=O)CCc1ccc(CCc2ccccc2)cc1. The number of benzene rings is 2. The van der Waals surface area contributed by atoms with E-state index in [-0.39, 0.29) is 6.42 Å². The number of hydrogen-bond donors (Lipinski definition) is 1. The Kier molecular flexibility index (Phi) is 5.80. The molecule has 1 amide bonds. The summed E-state index contributed by atoms with van der Waals surface area (Å²) in [6.07, 6.45) is 2.70. The average molecular weight is 297 g/mol. The van der Waals surface area contributed by atoms with E-state index in [9.17, 15) is 9.70 Å². The van der Waals surface area contributed by atoms with Gasteiger partial charge in [-0.15, -0.1) is 10.0 Å². The number of hydrogen-bond acceptors (Lipinski definition) is 4. The number of nitrogens with zero attached hydrogens (tertiary/aromatic N) is 2. The molecule has 0 aliphatic heterocycles. The minimum Gasteiger partial charge on any atom is -0.271 e. The number of carbonyl (C=O) groups excluding carboxylic acids is 1. The van der Waals surface area contributed by atoms with E-state index in [4.69, 9.17) is 5.84 Å². The number of nitrogens with two attached hydrogens (primary N) is 1. The predicted molar refractivity (Wildman–Crippen MR) is 85.4 cm³/mol. The van der Waals surface area contributed by atoms with Crippen molar-refractivity contribution in [3.05, 3.63) is 76.2 Å². The highest BCUT2D eigenvalue weighted by molar-refractivity contribution is 5.75. The molecule has 22 heavy (non-hydrogen) atoms. The van der Waals surface area contributed by atoms with Crippen LogP contribution >= 0.6 is 0 Å². The summed E-state index contributed by atoms with van der Waals surface area (Å²) in [6.45, 7) is 0. The molecule has 0 heterocycles. The van der Waals surface area contributed by atoms with E-state index >= 15 is 0 Å². The molecule has 0 atom stereocenters. The van der Waals surface area contributed by atoms with E-state index in [1.54, 1.807) is 0 Å². The smallest absolute Gasteiger partial charge is 0.260 e. The van der Waals surface area contributed by atoms with E-state index < -0.39 is 5.91 Å². The highest BCUT2D eigenvalue weighted by atomic mass is 16.3. The molecule has 2 aromatic rings. The summed E-state index contributed by atoms with van der Waals surface area (Å²) in [5.74, 6) is 4.62. The Labute approximate surface area is 129 Å². The van der Waals surface area contributed by atoms with E-state index in [1.807, 2.05) is 30.3 Å². The van der Waals surface area contributed by atoms with Crippen LogP contribution in [0.4, 0.5) is 0 Å². The minimum absolute atomic E-state index is 0.172. The van der Waals surface area contributed by atoms with Crippen molar-refractivity contribution < 1.29 is 4.79 Å². The van der Waals surface area contributed by atoms with Gasteiger partial charge in [-0.25, -0.2) is 5.84 Å². The van der Waals surface area contributed by atoms with Crippen LogP contribution in [0.3, 0.4) is 0 Å². The lowest BCUT2D eigenvalue weighted by molar-refractivity contribution is -0.131. The van der Waals surface area contributed by atoms with Crippen molar-refractivity contribution in [3.8, 4) is 0 Å². The van der Waals surface area contributed by atoms with Crippen molar-refractivity contribution in [2.45, 2.75) is 25.7 Å². The Morgan fingerprint density at radius 2 is 1.36 bits per heavy atom. The molecule has 0 saturated carbocycles. The van der Waals surface area contributed by atoms with Crippen LogP contribution in [0, 0.1) is 4.91 Å². The van der Waals surface area contributed by atoms with Crippen LogP contribution in [-0.4, -0.2) is 11.0 Å². The van der Waals surface area contributed by atoms with Crippen molar-refractivity contribution in [3.63, 3.8) is 0 Å². The fraction of sp³-hybridized carbons (Fsp3) is 0.235. The Balaban J connectivity index is 1.82. The Bertz CT molecular complexity index is 612. The lowest BCUT2D eigenvalue weighted by Crippen LogP contribution is -2.31. The normalized spacial score (nSPS) is 10.2. The van der Waals surface area contributed by atoms with Gasteiger partial charge in [-0.2, -0.15) is 0 Å². The van der Waals surface area contributed by atoms with Crippen LogP contribution in [0.5, 0.6) is 0 Å². The fourth-order valence-electron chi connectivity index (χ4n) is 2.22. The molecule has 0 radical (unpaired) electrons. The molecule has 0 spiro atoms. The van der Waals surface area contributed by atoms with Crippen molar-refractivity contribution in [1.82, 2.24) is 5.12 Å². The quantitative estimate of drug-likeness (QED) is 0.369. The van der Waals surface area contributed by atoms with Gasteiger partial charge in [0.1, 0.15) is 0 Å². The molecule has 0 aliphatic carbocycles. The highest BCUT2D eigenvalue weighted by Gasteiger charge is 2.09. The summed E-state index contributed by atoms with van der Waals surface area (Å²) in [6, 6.07) is 18.5. The van der Waals surface area contributed by atoms with Gasteiger partial charge in [0.15, 0.2) is 0 Å². The highest BCUT2D eigenvalue weighted by Crippen LogP contribution is 2.11. The average Bonchev–Trinajstić information content (AvgIpc) is 2.59. The van der Waals surface area contributed by atoms with Gasteiger partial charge in [0.25, 0.3) is 5.91 Å². The number of carbonyl (C=O) groups is 1. The zero-order valence-corrected chi connectivity index (χ0v) is 12.3. The molecule has 0 aliphatic rings. The first-order valence-corrected chi connectivity index (χ1v) is 7.21. The first-order chi connectivity index (χ1) is 10.7. The van der Waals surface area contributed by atoms with Gasteiger partial charge in [0.05, 0.1) is 5.29 Å². The standard InChI is InChI=1S/C17H19N3O2/c18-20(19-22)17(21)13-12-16-10-8-15(9-11-16)7-6-14-4-2-1-3-5-14/h1-5,8-11H,6-7,12-13,18H2. The van der Waals surface area contributed by atoms with Gasteiger partial charge in [-0.05, 0) is 36.0 Å². The molecule has 0 aromatic heterocycles. The second-order valence-electron chi connectivity index (χ2n) is 5.12. The molecular formula is C17H19N3O2. The second kappa shape index (κ2) is 8.05. The van der Waals surface area contributed by atoms with Gasteiger partial charge in [0, 0.05) is 6.42 Å². The lowest BCUT2D eigenvalue weighted by Gasteiger charge is -2.07. The third-order valence-electron chi connectivity index (χ3n) is 3.54. The van der Waals surface area contributed by atoms with Crippen LogP contribution in [-0.2, 0) is 24.1 Å². The van der Waals surface area contributed by atoms with Gasteiger partial charge in [-0.1, -0.05) is 54.6 Å². The summed E-state index contributed by atoms with van der Waals surface area (Å²) >= 11 is 0. The molecule has 5 nitrogen and oxygen atoms in total. The third-order valence-corrected chi connectivity index (χ3v) is 3.54. The van der Waals surface area contributed by atoms with Crippen molar-refractivity contribution in [1.29, 1.82) is 0 Å². The van der Waals surface area contributed by atoms with Gasteiger partial charge < -0.3 is 0 Å². The minimum atomic E-state index is -0.483. The number of nitroso groups, excluding NO2 is 1. The number of rotatable bonds is 7. The zero-order valence-electron chi connectivity index (χ0n) is 12.3. The first-order valence-electron chi connectivity index (χ1n) is 7.21. The molecule has 0 unspecified atom stereocenters. The molecule has 5 heteroatoms. The van der Waals surface area contributed by atoms with Crippen LogP contribution < -0.4 is 5.84 Å². The number of amides is 1. The predicted octanol–water partition coefficient (Wildman–Crippen LogP) is 2.79. The molecule has 2 aromatic carbocycles. The summed E-state index contributed by atoms with van der Waals surface area (Å²) in [5.41, 5.74) is 3.62. The zero-order chi connectivity index (χ0) is 15.8. The van der Waals surface area contributed by atoms with Gasteiger partial charge >= 0.3 is 0 Å². The third kappa shape index (κ3) is 4.79. The summed E-state index contributed by atoms with van der Waals surface area (Å²) in [4.78, 5) is 21.5. The van der Waals surface area contributed by atoms with Crippen molar-refractivity contribution in [2.75, 3.05) is 0 Å². The second-order valence-corrected chi connectivity index (χ2v) is 5.12. The van der Waals surface area contributed by atoms with Crippen molar-refractivity contribution >= 4 is 5.91 Å². The molecule has 0 bridgehead atoms. The van der Waals surface area contributed by atoms with E-state index in [0.717, 1.165) is 18.4 Å². The van der Waals surface area contributed by atoms with Crippen LogP contribution in [0.2, 0.25) is 0 Å². The van der Waals surface area contributed by atoms with Gasteiger partial charge in [0.2, 0.25) is 0 Å². The Morgan fingerprint density at radius 1 is 0.864 bits per heavy atom. The molecule has 2 N–H and O–H groups in total. The monoisotopic (exact) mass is 297 g/mol. The summed E-state index contributed by atoms with van der Waals surface area (Å²) in [5, 5.41) is 2.72. The van der Waals surface area contributed by atoms with Crippen LogP contribution in [0.15, 0.2) is 59.9 Å². The molecular weight excluding hydrogens is 278 g/mol. The van der Waals surface area contributed by atoms with E-state index in [2.05, 4.69) is 29.6 Å². The summed E-state index contributed by atoms with van der Waals surface area (Å²) < 4.78 is 0. The Morgan fingerprint density at radius 3 is 1.91 bits per heavy atom. The number of hydrazine groups is 1. The largest absolute Gasteiger partial charge is 0.271 e. The first kappa shape index (κ1) is 15.9. The van der Waals surface area contributed by atoms with Crippen molar-refractivity contribution in [2.24, 2.45) is 11.1 Å². The maximum atomic E-state index is 11.4. The van der Waals surface area contributed by atoms with E-state index in [0.29, 0.717) is 11.5 Å². The lowest BCUT2D eigenvalue weighted by atomic mass is 10.0. The maximum absolute atomic E-state index is 11.4. The molecule has 114 valence electrons. The molecule has 2 rings (SSSR count). The van der Waals surface area contributed by atoms with Crippen LogP contribution in [0.1, 0.15) is 23.1 Å².